The van der Waals surface area contributed by atoms with Crippen LogP contribution in [0.5, 0.6) is 0 Å². The summed E-state index contributed by atoms with van der Waals surface area (Å²) < 4.78 is 24.3. The number of carbonyl (C=O) groups is 2. The van der Waals surface area contributed by atoms with Gasteiger partial charge >= 0.3 is 0 Å². The normalized spacial score (nSPS) is 24.4. The van der Waals surface area contributed by atoms with E-state index in [1.165, 1.54) is 4.90 Å². The Balaban J connectivity index is 1.87. The first-order chi connectivity index (χ1) is 15.1. The van der Waals surface area contributed by atoms with Gasteiger partial charge < -0.3 is 10.0 Å². The molecule has 2 aliphatic rings. The highest BCUT2D eigenvalue weighted by Gasteiger charge is 2.50. The Hall–Kier alpha value is -2.93. The van der Waals surface area contributed by atoms with Crippen LogP contribution in [-0.2, 0) is 19.4 Å². The van der Waals surface area contributed by atoms with Crippen molar-refractivity contribution in [2.24, 2.45) is 0 Å². The Labute approximate surface area is 188 Å². The molecule has 0 bridgehead atoms. The number of hydrogen-bond acceptors (Lipinski definition) is 5. The van der Waals surface area contributed by atoms with E-state index in [9.17, 15) is 23.1 Å². The minimum atomic E-state index is -3.28. The smallest absolute Gasteiger partial charge is 0.295 e. The molecule has 2 heterocycles. The molecular formula is C25H27NO5S. The van der Waals surface area contributed by atoms with E-state index in [0.717, 1.165) is 11.1 Å². The zero-order valence-electron chi connectivity index (χ0n) is 18.4. The van der Waals surface area contributed by atoms with E-state index in [4.69, 9.17) is 0 Å². The van der Waals surface area contributed by atoms with Gasteiger partial charge in [-0.1, -0.05) is 67.9 Å². The quantitative estimate of drug-likeness (QED) is 0.433. The fraction of sp³-hybridized carbons (Fsp3) is 0.360. The highest BCUT2D eigenvalue weighted by molar-refractivity contribution is 7.91. The number of amides is 1. The second-order valence-corrected chi connectivity index (χ2v) is 11.2. The number of nitrogens with zero attached hydrogens (tertiary/aromatic N) is 1. The van der Waals surface area contributed by atoms with Gasteiger partial charge in [-0.2, -0.15) is 0 Å². The molecule has 0 saturated carbocycles. The summed E-state index contributed by atoms with van der Waals surface area (Å²) in [5, 5.41) is 11.1. The minimum absolute atomic E-state index is 0.000415. The van der Waals surface area contributed by atoms with Crippen LogP contribution in [0.3, 0.4) is 0 Å². The van der Waals surface area contributed by atoms with E-state index in [0.29, 0.717) is 17.0 Å². The average molecular weight is 454 g/mol. The fourth-order valence-corrected chi connectivity index (χ4v) is 6.19. The number of Topliss-reactive ketones (excluding diaryl/α,β-unsaturated/α-hetero) is 1. The van der Waals surface area contributed by atoms with E-state index < -0.39 is 33.6 Å². The molecule has 0 spiro atoms. The molecule has 0 aliphatic carbocycles. The van der Waals surface area contributed by atoms with Crippen molar-refractivity contribution in [1.82, 2.24) is 4.90 Å². The number of likely N-dealkylation sites (tertiary alicyclic amines) is 1. The van der Waals surface area contributed by atoms with Gasteiger partial charge in [-0.3, -0.25) is 9.59 Å². The lowest BCUT2D eigenvalue weighted by Crippen LogP contribution is -2.40. The number of ketones is 1. The molecule has 0 radical (unpaired) electrons. The topological polar surface area (TPSA) is 91.8 Å². The summed E-state index contributed by atoms with van der Waals surface area (Å²) in [6, 6.07) is 13.2. The number of rotatable bonds is 4. The molecule has 4 rings (SSSR count). The van der Waals surface area contributed by atoms with Gasteiger partial charge in [0.25, 0.3) is 11.7 Å². The van der Waals surface area contributed by atoms with Crippen molar-refractivity contribution < 1.29 is 23.1 Å². The van der Waals surface area contributed by atoms with Crippen molar-refractivity contribution in [3.8, 4) is 0 Å². The molecule has 2 atom stereocenters. The Kier molecular flexibility index (Phi) is 5.71. The first-order valence-corrected chi connectivity index (χ1v) is 12.6. The molecule has 2 fully saturated rings. The zero-order chi connectivity index (χ0) is 23.2. The minimum Gasteiger partial charge on any atom is -0.507 e. The number of benzene rings is 2. The van der Waals surface area contributed by atoms with Crippen LogP contribution in [0.25, 0.3) is 5.76 Å². The number of aryl methyl sites for hydroxylation is 1. The first-order valence-electron chi connectivity index (χ1n) is 10.8. The molecule has 2 saturated heterocycles. The van der Waals surface area contributed by atoms with Gasteiger partial charge in [0.15, 0.2) is 9.84 Å². The maximum absolute atomic E-state index is 13.1. The van der Waals surface area contributed by atoms with Gasteiger partial charge in [-0.05, 0) is 30.4 Å². The highest BCUT2D eigenvalue weighted by atomic mass is 32.2. The van der Waals surface area contributed by atoms with Gasteiger partial charge in [-0.15, -0.1) is 0 Å². The van der Waals surface area contributed by atoms with Crippen molar-refractivity contribution >= 4 is 27.3 Å². The van der Waals surface area contributed by atoms with Crippen molar-refractivity contribution in [3.05, 3.63) is 76.4 Å². The Morgan fingerprint density at radius 3 is 2.19 bits per heavy atom. The van der Waals surface area contributed by atoms with E-state index in [2.05, 4.69) is 13.8 Å². The highest BCUT2D eigenvalue weighted by Crippen LogP contribution is 2.42. The second kappa shape index (κ2) is 8.20. The second-order valence-electron chi connectivity index (χ2n) is 8.95. The van der Waals surface area contributed by atoms with Crippen molar-refractivity contribution in [1.29, 1.82) is 0 Å². The number of sulfone groups is 1. The van der Waals surface area contributed by atoms with Crippen LogP contribution in [0.2, 0.25) is 0 Å². The predicted molar refractivity (Wildman–Crippen MR) is 123 cm³/mol. The van der Waals surface area contributed by atoms with Crippen molar-refractivity contribution in [3.63, 3.8) is 0 Å². The van der Waals surface area contributed by atoms with Crippen molar-refractivity contribution in [2.75, 3.05) is 11.5 Å². The third-order valence-corrected chi connectivity index (χ3v) is 8.08. The summed E-state index contributed by atoms with van der Waals surface area (Å²) in [6.45, 7) is 6.06. The van der Waals surface area contributed by atoms with E-state index in [-0.39, 0.29) is 29.3 Å². The molecule has 2 aromatic rings. The molecule has 0 aromatic heterocycles. The van der Waals surface area contributed by atoms with Gasteiger partial charge in [-0.25, -0.2) is 8.42 Å². The van der Waals surface area contributed by atoms with Crippen LogP contribution in [0, 0.1) is 6.92 Å². The number of aliphatic hydroxyl groups is 1. The Morgan fingerprint density at radius 1 is 1.03 bits per heavy atom. The number of aliphatic hydroxyl groups excluding tert-OH is 1. The lowest BCUT2D eigenvalue weighted by molar-refractivity contribution is -0.141. The maximum atomic E-state index is 13.1. The zero-order valence-corrected chi connectivity index (χ0v) is 19.2. The van der Waals surface area contributed by atoms with Crippen molar-refractivity contribution in [2.45, 2.75) is 45.2 Å². The summed E-state index contributed by atoms with van der Waals surface area (Å²) in [5.41, 5.74) is 3.22. The third kappa shape index (κ3) is 3.97. The number of hydrogen-bond donors (Lipinski definition) is 1. The van der Waals surface area contributed by atoms with Crippen LogP contribution in [-0.4, -0.2) is 47.7 Å². The third-order valence-electron chi connectivity index (χ3n) is 6.33. The molecule has 1 N–H and O–H groups in total. The van der Waals surface area contributed by atoms with E-state index in [1.807, 2.05) is 43.3 Å². The Morgan fingerprint density at radius 2 is 1.66 bits per heavy atom. The van der Waals surface area contributed by atoms with Crippen LogP contribution in [0.15, 0.2) is 54.1 Å². The predicted octanol–water partition coefficient (Wildman–Crippen LogP) is 3.73. The largest absolute Gasteiger partial charge is 0.507 e. The molecule has 2 aliphatic heterocycles. The molecule has 1 amide bonds. The molecule has 2 aromatic carbocycles. The van der Waals surface area contributed by atoms with E-state index >= 15 is 0 Å². The average Bonchev–Trinajstić information content (AvgIpc) is 3.24. The fourth-order valence-electron chi connectivity index (χ4n) is 4.48. The van der Waals surface area contributed by atoms with E-state index in [1.54, 1.807) is 12.1 Å². The monoisotopic (exact) mass is 453 g/mol. The molecule has 0 unspecified atom stereocenters. The molecule has 6 nitrogen and oxygen atoms in total. The molecule has 168 valence electrons. The molecular weight excluding hydrogens is 426 g/mol. The summed E-state index contributed by atoms with van der Waals surface area (Å²) in [4.78, 5) is 27.6. The van der Waals surface area contributed by atoms with Gasteiger partial charge in [0.1, 0.15) is 5.76 Å². The maximum Gasteiger partial charge on any atom is 0.295 e. The van der Waals surface area contributed by atoms with Crippen LogP contribution < -0.4 is 0 Å². The SMILES string of the molecule is Cc1ccc(C(O)=C2C(=O)C(=O)N([C@@H]3CCS(=O)(=O)C3)[C@@H]2c2ccc(C(C)C)cc2)cc1. The lowest BCUT2D eigenvalue weighted by atomic mass is 9.92. The van der Waals surface area contributed by atoms with Gasteiger partial charge in [0, 0.05) is 11.6 Å². The summed E-state index contributed by atoms with van der Waals surface area (Å²) in [5.74, 6) is -1.68. The summed E-state index contributed by atoms with van der Waals surface area (Å²) >= 11 is 0. The van der Waals surface area contributed by atoms with Gasteiger partial charge in [0.05, 0.1) is 23.1 Å². The van der Waals surface area contributed by atoms with Gasteiger partial charge in [0.2, 0.25) is 0 Å². The number of carbonyl (C=O) groups excluding carboxylic acids is 2. The van der Waals surface area contributed by atoms with Crippen LogP contribution >= 0.6 is 0 Å². The summed E-state index contributed by atoms with van der Waals surface area (Å²) in [6.07, 6.45) is 0.278. The first kappa shape index (κ1) is 22.3. The van der Waals surface area contributed by atoms with Crippen LogP contribution in [0.4, 0.5) is 0 Å². The van der Waals surface area contributed by atoms with Crippen LogP contribution in [0.1, 0.15) is 54.5 Å². The standard InChI is InChI=1S/C25H27NO5S/c1-15(2)17-8-10-18(11-9-17)22-21(23(27)19-6-4-16(3)5-7-19)24(28)25(29)26(22)20-12-13-32(30,31)14-20/h4-11,15,20,22,27H,12-14H2,1-3H3/t20-,22-/m1/s1. The lowest BCUT2D eigenvalue weighted by Gasteiger charge is -2.30. The Bertz CT molecular complexity index is 1190. The molecule has 32 heavy (non-hydrogen) atoms. The molecule has 7 heteroatoms. The summed E-state index contributed by atoms with van der Waals surface area (Å²) in [7, 11) is -3.28.